The van der Waals surface area contributed by atoms with Crippen LogP contribution in [0.1, 0.15) is 31.4 Å². The molecular weight excluding hydrogens is 406 g/mol. The standard InChI is InChI=1S/C24H23N5OS/c1-14-10-15(8-9-25-14)19-4-5-20(24-23(19)26-13-31-24)21-6-7-22(29-28-21)30-18-11-16-2-3-17(12-18)27-16/h4-10,13,16-18,27H,2-3,11-12H2,1H3/t16-,17+,18?. The molecule has 0 aliphatic carbocycles. The highest BCUT2D eigenvalue weighted by atomic mass is 32.1. The number of hydrogen-bond donors (Lipinski definition) is 1. The molecule has 2 saturated heterocycles. The number of aryl methyl sites for hydroxylation is 1. The van der Waals surface area contributed by atoms with E-state index in [2.05, 4.69) is 43.7 Å². The number of thiazole rings is 1. The van der Waals surface area contributed by atoms with Gasteiger partial charge in [0.05, 0.1) is 21.4 Å². The quantitative estimate of drug-likeness (QED) is 0.503. The van der Waals surface area contributed by atoms with Gasteiger partial charge in [-0.15, -0.1) is 21.5 Å². The molecule has 2 aliphatic rings. The fourth-order valence-electron chi connectivity index (χ4n) is 4.90. The Morgan fingerprint density at radius 3 is 2.58 bits per heavy atom. The van der Waals surface area contributed by atoms with Crippen LogP contribution in [0.5, 0.6) is 5.88 Å². The Bertz CT molecular complexity index is 1230. The van der Waals surface area contributed by atoms with Gasteiger partial charge in [0.25, 0.3) is 0 Å². The van der Waals surface area contributed by atoms with Crippen LogP contribution in [0, 0.1) is 6.92 Å². The van der Waals surface area contributed by atoms with E-state index < -0.39 is 0 Å². The number of benzene rings is 1. The Morgan fingerprint density at radius 2 is 1.81 bits per heavy atom. The molecule has 2 fully saturated rings. The molecule has 0 saturated carbocycles. The van der Waals surface area contributed by atoms with Crippen molar-refractivity contribution in [1.29, 1.82) is 0 Å². The van der Waals surface area contributed by atoms with Gasteiger partial charge in [-0.1, -0.05) is 12.1 Å². The summed E-state index contributed by atoms with van der Waals surface area (Å²) < 4.78 is 7.27. The van der Waals surface area contributed by atoms with Crippen molar-refractivity contribution >= 4 is 21.6 Å². The molecule has 31 heavy (non-hydrogen) atoms. The Hall–Kier alpha value is -2.90. The highest BCUT2D eigenvalue weighted by Crippen LogP contribution is 2.37. The molecule has 0 spiro atoms. The Labute approximate surface area is 184 Å². The summed E-state index contributed by atoms with van der Waals surface area (Å²) >= 11 is 1.63. The number of piperidine rings is 1. The van der Waals surface area contributed by atoms with Crippen LogP contribution in [-0.2, 0) is 0 Å². The fraction of sp³-hybridized carbons (Fsp3) is 0.333. The number of nitrogens with one attached hydrogen (secondary N) is 1. The maximum absolute atomic E-state index is 6.16. The average Bonchev–Trinajstić information content (AvgIpc) is 3.40. The monoisotopic (exact) mass is 429 g/mol. The predicted molar refractivity (Wildman–Crippen MR) is 122 cm³/mol. The summed E-state index contributed by atoms with van der Waals surface area (Å²) in [5.41, 5.74) is 7.99. The average molecular weight is 430 g/mol. The van der Waals surface area contributed by atoms with Gasteiger partial charge in [-0.05, 0) is 56.4 Å². The van der Waals surface area contributed by atoms with Gasteiger partial charge in [0.1, 0.15) is 6.10 Å². The second-order valence-corrected chi connectivity index (χ2v) is 9.34. The maximum atomic E-state index is 6.16. The number of hydrogen-bond acceptors (Lipinski definition) is 7. The van der Waals surface area contributed by atoms with Gasteiger partial charge in [0.2, 0.25) is 5.88 Å². The van der Waals surface area contributed by atoms with E-state index in [0.29, 0.717) is 18.0 Å². The fourth-order valence-corrected chi connectivity index (χ4v) is 5.73. The lowest BCUT2D eigenvalue weighted by atomic mass is 10.0. The summed E-state index contributed by atoms with van der Waals surface area (Å²) in [6.45, 7) is 2.00. The zero-order valence-corrected chi connectivity index (χ0v) is 18.1. The highest BCUT2D eigenvalue weighted by Gasteiger charge is 2.34. The van der Waals surface area contributed by atoms with E-state index in [1.807, 2.05) is 36.8 Å². The molecule has 0 amide bonds. The molecule has 5 heterocycles. The first-order valence-corrected chi connectivity index (χ1v) is 11.7. The second-order valence-electron chi connectivity index (χ2n) is 8.48. The molecule has 1 aromatic carbocycles. The van der Waals surface area contributed by atoms with Crippen molar-refractivity contribution in [2.24, 2.45) is 0 Å². The maximum Gasteiger partial charge on any atom is 0.233 e. The van der Waals surface area contributed by atoms with Gasteiger partial charge in [0.15, 0.2) is 0 Å². The Morgan fingerprint density at radius 1 is 0.968 bits per heavy atom. The van der Waals surface area contributed by atoms with E-state index in [9.17, 15) is 0 Å². The zero-order chi connectivity index (χ0) is 20.8. The van der Waals surface area contributed by atoms with Gasteiger partial charge < -0.3 is 10.1 Å². The first-order chi connectivity index (χ1) is 15.2. The van der Waals surface area contributed by atoms with E-state index in [4.69, 9.17) is 4.74 Å². The van der Waals surface area contributed by atoms with Crippen molar-refractivity contribution in [2.45, 2.75) is 50.8 Å². The van der Waals surface area contributed by atoms with E-state index >= 15 is 0 Å². The smallest absolute Gasteiger partial charge is 0.233 e. The summed E-state index contributed by atoms with van der Waals surface area (Å²) in [5.74, 6) is 0.611. The van der Waals surface area contributed by atoms with Gasteiger partial charge >= 0.3 is 0 Å². The second kappa shape index (κ2) is 7.66. The number of pyridine rings is 1. The van der Waals surface area contributed by atoms with Gasteiger partial charge in [-0.25, -0.2) is 4.98 Å². The van der Waals surface area contributed by atoms with Crippen molar-refractivity contribution in [3.05, 3.63) is 53.8 Å². The van der Waals surface area contributed by atoms with Crippen LogP contribution in [0.4, 0.5) is 0 Å². The molecule has 2 aliphatic heterocycles. The molecule has 156 valence electrons. The van der Waals surface area contributed by atoms with Crippen molar-refractivity contribution in [3.63, 3.8) is 0 Å². The lowest BCUT2D eigenvalue weighted by molar-refractivity contribution is 0.130. The number of aromatic nitrogens is 4. The third-order valence-electron chi connectivity index (χ3n) is 6.32. The summed E-state index contributed by atoms with van der Waals surface area (Å²) in [6, 6.07) is 13.5. The van der Waals surface area contributed by atoms with E-state index in [1.54, 1.807) is 11.3 Å². The SMILES string of the molecule is Cc1cc(-c2ccc(-c3ccc(OC4C[C@H]5CC[C@@H](C4)N5)nn3)c3scnc23)ccn1. The van der Waals surface area contributed by atoms with Crippen molar-refractivity contribution < 1.29 is 4.74 Å². The Balaban J connectivity index is 1.28. The summed E-state index contributed by atoms with van der Waals surface area (Å²) in [6.07, 6.45) is 6.70. The van der Waals surface area contributed by atoms with E-state index in [1.165, 1.54) is 12.8 Å². The van der Waals surface area contributed by atoms with Crippen LogP contribution in [0.3, 0.4) is 0 Å². The highest BCUT2D eigenvalue weighted by molar-refractivity contribution is 7.17. The van der Waals surface area contributed by atoms with Crippen LogP contribution in [-0.4, -0.2) is 38.4 Å². The van der Waals surface area contributed by atoms with E-state index in [0.717, 1.165) is 51.1 Å². The number of fused-ring (bicyclic) bond motifs is 3. The van der Waals surface area contributed by atoms with Crippen molar-refractivity contribution in [1.82, 2.24) is 25.5 Å². The molecule has 6 nitrogen and oxygen atoms in total. The molecule has 6 rings (SSSR count). The Kier molecular flexibility index (Phi) is 4.65. The third kappa shape index (κ3) is 3.58. The van der Waals surface area contributed by atoms with Crippen LogP contribution in [0.25, 0.3) is 32.6 Å². The van der Waals surface area contributed by atoms with Crippen molar-refractivity contribution in [3.8, 4) is 28.3 Å². The molecule has 1 unspecified atom stereocenters. The van der Waals surface area contributed by atoms with Crippen molar-refractivity contribution in [2.75, 3.05) is 0 Å². The molecule has 1 N–H and O–H groups in total. The summed E-state index contributed by atoms with van der Waals surface area (Å²) in [4.78, 5) is 8.95. The largest absolute Gasteiger partial charge is 0.473 e. The first kappa shape index (κ1) is 18.8. The first-order valence-electron chi connectivity index (χ1n) is 10.8. The summed E-state index contributed by atoms with van der Waals surface area (Å²) in [7, 11) is 0. The predicted octanol–water partition coefficient (Wildman–Crippen LogP) is 4.79. The van der Waals surface area contributed by atoms with Crippen LogP contribution >= 0.6 is 11.3 Å². The van der Waals surface area contributed by atoms with Gasteiger partial charge in [-0.3, -0.25) is 4.98 Å². The number of nitrogens with zero attached hydrogens (tertiary/aromatic N) is 4. The zero-order valence-electron chi connectivity index (χ0n) is 17.3. The molecule has 4 aromatic rings. The molecule has 3 atom stereocenters. The molecular formula is C24H23N5OS. The molecule has 3 aromatic heterocycles. The van der Waals surface area contributed by atoms with Crippen LogP contribution in [0.2, 0.25) is 0 Å². The molecule has 7 heteroatoms. The molecule has 0 radical (unpaired) electrons. The van der Waals surface area contributed by atoms with E-state index in [-0.39, 0.29) is 6.10 Å². The summed E-state index contributed by atoms with van der Waals surface area (Å²) in [5, 5.41) is 12.5. The third-order valence-corrected chi connectivity index (χ3v) is 7.18. The van der Waals surface area contributed by atoms with Gasteiger partial charge in [0, 0.05) is 41.2 Å². The molecule has 2 bridgehead atoms. The number of ether oxygens (including phenoxy) is 1. The number of rotatable bonds is 4. The minimum atomic E-state index is 0.232. The topological polar surface area (TPSA) is 72.8 Å². The minimum Gasteiger partial charge on any atom is -0.473 e. The lowest BCUT2D eigenvalue weighted by Crippen LogP contribution is -2.42. The van der Waals surface area contributed by atoms with Gasteiger partial charge in [-0.2, -0.15) is 0 Å². The van der Waals surface area contributed by atoms with Crippen LogP contribution < -0.4 is 10.1 Å². The minimum absolute atomic E-state index is 0.232. The van der Waals surface area contributed by atoms with Crippen LogP contribution in [0.15, 0.2) is 48.1 Å². The lowest BCUT2D eigenvalue weighted by Gasteiger charge is -2.28. The normalized spacial score (nSPS) is 22.7.